The summed E-state index contributed by atoms with van der Waals surface area (Å²) in [5, 5.41) is 2.86. The molecule has 1 aromatic heterocycles. The minimum Gasteiger partial charge on any atom is -0.350 e. The van der Waals surface area contributed by atoms with Crippen LogP contribution in [0, 0.1) is 0 Å². The van der Waals surface area contributed by atoms with Crippen LogP contribution in [0.4, 0.5) is 5.82 Å². The number of nitrogens with two attached hydrogens (primary N) is 1. The van der Waals surface area contributed by atoms with Gasteiger partial charge in [0.1, 0.15) is 5.82 Å². The van der Waals surface area contributed by atoms with E-state index in [-0.39, 0.29) is 11.9 Å². The first kappa shape index (κ1) is 11.5. The standard InChI is InChI=1S/C10H16N4O/c1-3-7(2)13-10(15)8-4-5-12-9(6-8)14-11/h4-7H,3,11H2,1-2H3,(H,12,14)(H,13,15). The Morgan fingerprint density at radius 1 is 1.67 bits per heavy atom. The molecule has 5 heteroatoms. The van der Waals surface area contributed by atoms with Crippen LogP contribution in [0.1, 0.15) is 30.6 Å². The predicted molar refractivity (Wildman–Crippen MR) is 59.3 cm³/mol. The summed E-state index contributed by atoms with van der Waals surface area (Å²) in [4.78, 5) is 15.6. The second-order valence-electron chi connectivity index (χ2n) is 3.36. The van der Waals surface area contributed by atoms with Crippen molar-refractivity contribution < 1.29 is 4.79 Å². The Morgan fingerprint density at radius 3 is 3.00 bits per heavy atom. The van der Waals surface area contributed by atoms with Crippen LogP contribution in [0.3, 0.4) is 0 Å². The molecular weight excluding hydrogens is 192 g/mol. The van der Waals surface area contributed by atoms with Crippen molar-refractivity contribution in [2.75, 3.05) is 5.43 Å². The molecule has 1 unspecified atom stereocenters. The zero-order valence-electron chi connectivity index (χ0n) is 8.95. The molecule has 0 spiro atoms. The molecule has 0 aliphatic rings. The minimum absolute atomic E-state index is 0.108. The number of rotatable bonds is 4. The van der Waals surface area contributed by atoms with Crippen molar-refractivity contribution in [1.29, 1.82) is 0 Å². The highest BCUT2D eigenvalue weighted by Crippen LogP contribution is 2.05. The fourth-order valence-corrected chi connectivity index (χ4v) is 1.06. The minimum atomic E-state index is -0.108. The molecule has 82 valence electrons. The van der Waals surface area contributed by atoms with Gasteiger partial charge in [0, 0.05) is 17.8 Å². The molecule has 0 aromatic carbocycles. The Morgan fingerprint density at radius 2 is 2.40 bits per heavy atom. The number of aromatic nitrogens is 1. The van der Waals surface area contributed by atoms with Gasteiger partial charge >= 0.3 is 0 Å². The summed E-state index contributed by atoms with van der Waals surface area (Å²) in [5.41, 5.74) is 2.95. The maximum Gasteiger partial charge on any atom is 0.251 e. The molecular formula is C10H16N4O. The van der Waals surface area contributed by atoms with Crippen molar-refractivity contribution in [2.45, 2.75) is 26.3 Å². The number of pyridine rings is 1. The molecule has 5 nitrogen and oxygen atoms in total. The van der Waals surface area contributed by atoms with Crippen molar-refractivity contribution in [1.82, 2.24) is 10.3 Å². The molecule has 0 saturated carbocycles. The summed E-state index contributed by atoms with van der Waals surface area (Å²) < 4.78 is 0. The number of nitrogens with zero attached hydrogens (tertiary/aromatic N) is 1. The summed E-state index contributed by atoms with van der Waals surface area (Å²) in [5.74, 6) is 5.57. The number of amides is 1. The largest absolute Gasteiger partial charge is 0.350 e. The quantitative estimate of drug-likeness (QED) is 0.507. The van der Waals surface area contributed by atoms with Gasteiger partial charge in [0.2, 0.25) is 0 Å². The lowest BCUT2D eigenvalue weighted by Gasteiger charge is -2.11. The highest BCUT2D eigenvalue weighted by atomic mass is 16.1. The van der Waals surface area contributed by atoms with Crippen LogP contribution in [-0.2, 0) is 0 Å². The molecule has 1 heterocycles. The Hall–Kier alpha value is -1.62. The highest BCUT2D eigenvalue weighted by Gasteiger charge is 2.08. The summed E-state index contributed by atoms with van der Waals surface area (Å²) in [6, 6.07) is 3.43. The van der Waals surface area contributed by atoms with E-state index in [2.05, 4.69) is 15.7 Å². The van der Waals surface area contributed by atoms with E-state index in [0.717, 1.165) is 6.42 Å². The van der Waals surface area contributed by atoms with Crippen molar-refractivity contribution in [3.05, 3.63) is 23.9 Å². The Labute approximate surface area is 89.0 Å². The van der Waals surface area contributed by atoms with Gasteiger partial charge in [-0.1, -0.05) is 6.92 Å². The molecule has 0 aliphatic carbocycles. The predicted octanol–water partition coefficient (Wildman–Crippen LogP) is 0.895. The van der Waals surface area contributed by atoms with Gasteiger partial charge in [-0.25, -0.2) is 10.8 Å². The first-order valence-electron chi connectivity index (χ1n) is 4.91. The lowest BCUT2D eigenvalue weighted by molar-refractivity contribution is 0.0939. The third-order valence-corrected chi connectivity index (χ3v) is 2.16. The molecule has 1 aromatic rings. The van der Waals surface area contributed by atoms with Crippen molar-refractivity contribution in [2.24, 2.45) is 5.84 Å². The van der Waals surface area contributed by atoms with Crippen LogP contribution >= 0.6 is 0 Å². The van der Waals surface area contributed by atoms with E-state index in [1.54, 1.807) is 18.3 Å². The number of nitrogen functional groups attached to an aromatic ring is 1. The Balaban J connectivity index is 2.73. The number of anilines is 1. The number of hydrogen-bond acceptors (Lipinski definition) is 4. The molecule has 0 saturated heterocycles. The van der Waals surface area contributed by atoms with Crippen LogP contribution in [0.5, 0.6) is 0 Å². The van der Waals surface area contributed by atoms with Gasteiger partial charge in [-0.15, -0.1) is 0 Å². The second kappa shape index (κ2) is 5.31. The maximum absolute atomic E-state index is 11.7. The fraction of sp³-hybridized carbons (Fsp3) is 0.400. The molecule has 1 atom stereocenters. The van der Waals surface area contributed by atoms with Crippen LogP contribution in [0.15, 0.2) is 18.3 Å². The number of hydrogen-bond donors (Lipinski definition) is 3. The maximum atomic E-state index is 11.7. The number of carbonyl (C=O) groups excluding carboxylic acids is 1. The number of carbonyl (C=O) groups is 1. The van der Waals surface area contributed by atoms with Crippen molar-refractivity contribution >= 4 is 11.7 Å². The van der Waals surface area contributed by atoms with Gasteiger partial charge in [-0.05, 0) is 25.5 Å². The third-order valence-electron chi connectivity index (χ3n) is 2.16. The van der Waals surface area contributed by atoms with E-state index in [9.17, 15) is 4.79 Å². The topological polar surface area (TPSA) is 80.0 Å². The zero-order chi connectivity index (χ0) is 11.3. The van der Waals surface area contributed by atoms with E-state index in [0.29, 0.717) is 11.4 Å². The second-order valence-corrected chi connectivity index (χ2v) is 3.36. The molecule has 1 rings (SSSR count). The molecule has 4 N–H and O–H groups in total. The zero-order valence-corrected chi connectivity index (χ0v) is 8.95. The summed E-state index contributed by atoms with van der Waals surface area (Å²) in [6.45, 7) is 3.98. The molecule has 0 aliphatic heterocycles. The van der Waals surface area contributed by atoms with Crippen LogP contribution in [-0.4, -0.2) is 16.9 Å². The first-order chi connectivity index (χ1) is 7.17. The van der Waals surface area contributed by atoms with Gasteiger partial charge < -0.3 is 10.7 Å². The van der Waals surface area contributed by atoms with Gasteiger partial charge in [-0.2, -0.15) is 0 Å². The highest BCUT2D eigenvalue weighted by molar-refractivity contribution is 5.94. The molecule has 0 fully saturated rings. The van der Waals surface area contributed by atoms with E-state index in [1.807, 2.05) is 13.8 Å². The van der Waals surface area contributed by atoms with Crippen LogP contribution < -0.4 is 16.6 Å². The Bertz CT molecular complexity index is 340. The van der Waals surface area contributed by atoms with Crippen LogP contribution in [0.25, 0.3) is 0 Å². The molecule has 1 amide bonds. The SMILES string of the molecule is CCC(C)NC(=O)c1ccnc(NN)c1. The van der Waals surface area contributed by atoms with E-state index in [4.69, 9.17) is 5.84 Å². The lowest BCUT2D eigenvalue weighted by atomic mass is 10.2. The third kappa shape index (κ3) is 3.21. The number of hydrazine groups is 1. The van der Waals surface area contributed by atoms with Crippen LogP contribution in [0.2, 0.25) is 0 Å². The molecule has 0 radical (unpaired) electrons. The average molecular weight is 208 g/mol. The monoisotopic (exact) mass is 208 g/mol. The van der Waals surface area contributed by atoms with Gasteiger partial charge in [0.05, 0.1) is 0 Å². The normalized spacial score (nSPS) is 11.9. The lowest BCUT2D eigenvalue weighted by Crippen LogP contribution is -2.32. The van der Waals surface area contributed by atoms with Crippen molar-refractivity contribution in [3.8, 4) is 0 Å². The number of nitrogens with one attached hydrogen (secondary N) is 2. The van der Waals surface area contributed by atoms with Crippen molar-refractivity contribution in [3.63, 3.8) is 0 Å². The van der Waals surface area contributed by atoms with Gasteiger partial charge in [0.25, 0.3) is 5.91 Å². The van der Waals surface area contributed by atoms with E-state index >= 15 is 0 Å². The summed E-state index contributed by atoms with van der Waals surface area (Å²) in [6.07, 6.45) is 2.44. The fourth-order valence-electron chi connectivity index (χ4n) is 1.06. The molecule has 15 heavy (non-hydrogen) atoms. The van der Waals surface area contributed by atoms with E-state index < -0.39 is 0 Å². The van der Waals surface area contributed by atoms with Gasteiger partial charge in [0.15, 0.2) is 0 Å². The molecule has 0 bridgehead atoms. The first-order valence-corrected chi connectivity index (χ1v) is 4.91. The average Bonchev–Trinajstić information content (AvgIpc) is 2.28. The smallest absolute Gasteiger partial charge is 0.251 e. The summed E-state index contributed by atoms with van der Waals surface area (Å²) in [7, 11) is 0. The summed E-state index contributed by atoms with van der Waals surface area (Å²) >= 11 is 0. The Kier molecular flexibility index (Phi) is 4.05. The van der Waals surface area contributed by atoms with E-state index in [1.165, 1.54) is 0 Å². The van der Waals surface area contributed by atoms with Gasteiger partial charge in [-0.3, -0.25) is 4.79 Å².